The van der Waals surface area contributed by atoms with Crippen molar-refractivity contribution in [1.29, 1.82) is 0 Å². The first kappa shape index (κ1) is 14.2. The molecule has 3 atom stereocenters. The molecule has 1 unspecified atom stereocenters. The largest absolute Gasteiger partial charge is 0.462 e. The van der Waals surface area contributed by atoms with Gasteiger partial charge in [0.15, 0.2) is 0 Å². The minimum absolute atomic E-state index is 0.0435. The molecule has 17 heavy (non-hydrogen) atoms. The first-order chi connectivity index (χ1) is 8.08. The number of carbonyl (C=O) groups excluding carboxylic acids is 2. The number of Topliss-reactive ketones (excluding diaryl/α,β-unsaturated/α-hetero) is 1. The van der Waals surface area contributed by atoms with Crippen molar-refractivity contribution in [2.24, 2.45) is 11.8 Å². The Kier molecular flexibility index (Phi) is 5.66. The van der Waals surface area contributed by atoms with Crippen LogP contribution in [0.2, 0.25) is 0 Å². The van der Waals surface area contributed by atoms with E-state index in [0.29, 0.717) is 25.0 Å². The van der Waals surface area contributed by atoms with Gasteiger partial charge in [-0.25, -0.2) is 0 Å². The van der Waals surface area contributed by atoms with Crippen LogP contribution in [0.4, 0.5) is 0 Å². The van der Waals surface area contributed by atoms with Gasteiger partial charge in [0.2, 0.25) is 0 Å². The molecule has 1 heterocycles. The van der Waals surface area contributed by atoms with Crippen molar-refractivity contribution in [1.82, 2.24) is 0 Å². The van der Waals surface area contributed by atoms with Gasteiger partial charge < -0.3 is 4.74 Å². The van der Waals surface area contributed by atoms with Crippen LogP contribution in [0, 0.1) is 11.8 Å². The summed E-state index contributed by atoms with van der Waals surface area (Å²) in [7, 11) is 0. The number of esters is 1. The molecule has 1 rings (SSSR count). The number of ketones is 1. The Labute approximate surface area is 104 Å². The molecule has 1 fully saturated rings. The second-order valence-electron chi connectivity index (χ2n) is 5.12. The van der Waals surface area contributed by atoms with E-state index in [2.05, 4.69) is 6.92 Å². The van der Waals surface area contributed by atoms with Crippen LogP contribution in [-0.4, -0.2) is 17.9 Å². The van der Waals surface area contributed by atoms with Crippen molar-refractivity contribution in [3.8, 4) is 0 Å². The van der Waals surface area contributed by atoms with Crippen LogP contribution in [-0.2, 0) is 14.3 Å². The Morgan fingerprint density at radius 3 is 2.65 bits per heavy atom. The van der Waals surface area contributed by atoms with Gasteiger partial charge in [0.1, 0.15) is 11.9 Å². The lowest BCUT2D eigenvalue weighted by Gasteiger charge is -2.20. The number of hydrogen-bond acceptors (Lipinski definition) is 3. The SMILES string of the molecule is CCCCC(=O)C(CC)C[C@@H]1OC(=O)C[C@H]1C. The highest BCUT2D eigenvalue weighted by Gasteiger charge is 2.34. The zero-order valence-electron chi connectivity index (χ0n) is 11.2. The number of unbranched alkanes of at least 4 members (excludes halogenated alkanes) is 1. The average molecular weight is 240 g/mol. The van der Waals surface area contributed by atoms with Crippen molar-refractivity contribution in [2.75, 3.05) is 0 Å². The maximum absolute atomic E-state index is 12.0. The van der Waals surface area contributed by atoms with Gasteiger partial charge in [-0.15, -0.1) is 0 Å². The monoisotopic (exact) mass is 240 g/mol. The Hall–Kier alpha value is -0.860. The molecule has 3 heteroatoms. The normalized spacial score (nSPS) is 25.7. The Bertz CT molecular complexity index is 273. The fraction of sp³-hybridized carbons (Fsp3) is 0.857. The van der Waals surface area contributed by atoms with Crippen LogP contribution in [0.15, 0.2) is 0 Å². The molecule has 3 nitrogen and oxygen atoms in total. The van der Waals surface area contributed by atoms with E-state index in [-0.39, 0.29) is 23.9 Å². The highest BCUT2D eigenvalue weighted by molar-refractivity contribution is 5.81. The molecule has 0 aromatic rings. The highest BCUT2D eigenvalue weighted by Crippen LogP contribution is 2.28. The first-order valence-corrected chi connectivity index (χ1v) is 6.80. The molecule has 0 spiro atoms. The molecule has 0 amide bonds. The van der Waals surface area contributed by atoms with Gasteiger partial charge in [-0.3, -0.25) is 9.59 Å². The molecule has 0 aromatic heterocycles. The van der Waals surface area contributed by atoms with Crippen molar-refractivity contribution in [3.63, 3.8) is 0 Å². The summed E-state index contributed by atoms with van der Waals surface area (Å²) in [4.78, 5) is 23.1. The Morgan fingerprint density at radius 1 is 1.47 bits per heavy atom. The molecule has 98 valence electrons. The fourth-order valence-electron chi connectivity index (χ4n) is 2.37. The van der Waals surface area contributed by atoms with Crippen LogP contribution in [0.1, 0.15) is 59.3 Å². The summed E-state index contributed by atoms with van der Waals surface area (Å²) in [5, 5.41) is 0. The summed E-state index contributed by atoms with van der Waals surface area (Å²) in [6.07, 6.45) is 4.72. The van der Waals surface area contributed by atoms with E-state index in [1.165, 1.54) is 0 Å². The molecule has 0 aliphatic carbocycles. The minimum Gasteiger partial charge on any atom is -0.462 e. The van der Waals surface area contributed by atoms with Gasteiger partial charge in [-0.1, -0.05) is 27.2 Å². The fourth-order valence-corrected chi connectivity index (χ4v) is 2.37. The molecule has 0 aromatic carbocycles. The van der Waals surface area contributed by atoms with E-state index in [9.17, 15) is 9.59 Å². The summed E-state index contributed by atoms with van der Waals surface area (Å²) in [6.45, 7) is 6.16. The van der Waals surface area contributed by atoms with E-state index in [1.807, 2.05) is 13.8 Å². The van der Waals surface area contributed by atoms with Crippen LogP contribution in [0.3, 0.4) is 0 Å². The summed E-state index contributed by atoms with van der Waals surface area (Å²) in [5.41, 5.74) is 0. The summed E-state index contributed by atoms with van der Waals surface area (Å²) < 4.78 is 5.27. The average Bonchev–Trinajstić information content (AvgIpc) is 2.61. The number of cyclic esters (lactones) is 1. The number of carbonyl (C=O) groups is 2. The molecule has 0 saturated carbocycles. The molecule has 0 N–H and O–H groups in total. The third kappa shape index (κ3) is 4.14. The zero-order valence-corrected chi connectivity index (χ0v) is 11.2. The second kappa shape index (κ2) is 6.77. The van der Waals surface area contributed by atoms with Crippen molar-refractivity contribution in [2.45, 2.75) is 65.4 Å². The highest BCUT2D eigenvalue weighted by atomic mass is 16.5. The zero-order chi connectivity index (χ0) is 12.8. The van der Waals surface area contributed by atoms with Crippen LogP contribution >= 0.6 is 0 Å². The predicted molar refractivity (Wildman–Crippen MR) is 66.6 cm³/mol. The van der Waals surface area contributed by atoms with Gasteiger partial charge >= 0.3 is 5.97 Å². The maximum atomic E-state index is 12.0. The number of hydrogen-bond donors (Lipinski definition) is 0. The van der Waals surface area contributed by atoms with E-state index in [1.54, 1.807) is 0 Å². The lowest BCUT2D eigenvalue weighted by molar-refractivity contribution is -0.143. The predicted octanol–water partition coefficient (Wildman–Crippen LogP) is 3.11. The summed E-state index contributed by atoms with van der Waals surface area (Å²) in [5.74, 6) is 0.554. The van der Waals surface area contributed by atoms with E-state index in [4.69, 9.17) is 4.74 Å². The molecule has 0 bridgehead atoms. The van der Waals surface area contributed by atoms with Gasteiger partial charge in [0.25, 0.3) is 0 Å². The van der Waals surface area contributed by atoms with Crippen LogP contribution in [0.5, 0.6) is 0 Å². The van der Waals surface area contributed by atoms with Crippen molar-refractivity contribution in [3.05, 3.63) is 0 Å². The number of rotatable bonds is 7. The smallest absolute Gasteiger partial charge is 0.306 e. The number of ether oxygens (including phenoxy) is 1. The van der Waals surface area contributed by atoms with Gasteiger partial charge in [-0.2, -0.15) is 0 Å². The summed E-state index contributed by atoms with van der Waals surface area (Å²) >= 11 is 0. The minimum atomic E-state index is -0.113. The van der Waals surface area contributed by atoms with Gasteiger partial charge in [0.05, 0.1) is 6.42 Å². The van der Waals surface area contributed by atoms with Crippen LogP contribution in [0.25, 0.3) is 0 Å². The molecule has 0 radical (unpaired) electrons. The molecule has 1 aliphatic heterocycles. The second-order valence-corrected chi connectivity index (χ2v) is 5.12. The Morgan fingerprint density at radius 2 is 2.18 bits per heavy atom. The third-order valence-corrected chi connectivity index (χ3v) is 3.65. The summed E-state index contributed by atoms with van der Waals surface area (Å²) in [6, 6.07) is 0. The van der Waals surface area contributed by atoms with Gasteiger partial charge in [-0.05, 0) is 19.3 Å². The van der Waals surface area contributed by atoms with Crippen molar-refractivity contribution < 1.29 is 14.3 Å². The topological polar surface area (TPSA) is 43.4 Å². The van der Waals surface area contributed by atoms with E-state index in [0.717, 1.165) is 19.3 Å². The van der Waals surface area contributed by atoms with Crippen molar-refractivity contribution >= 4 is 11.8 Å². The third-order valence-electron chi connectivity index (χ3n) is 3.65. The molecular weight excluding hydrogens is 216 g/mol. The lowest BCUT2D eigenvalue weighted by Crippen LogP contribution is -2.23. The van der Waals surface area contributed by atoms with E-state index >= 15 is 0 Å². The maximum Gasteiger partial charge on any atom is 0.306 e. The van der Waals surface area contributed by atoms with Crippen LogP contribution < -0.4 is 0 Å². The quantitative estimate of drug-likeness (QED) is 0.642. The molecular formula is C14H24O3. The standard InChI is InChI=1S/C14H24O3/c1-4-6-7-12(15)11(5-2)9-13-10(3)8-14(16)17-13/h10-11,13H,4-9H2,1-3H3/t10-,11?,13+/m1/s1. The Balaban J connectivity index is 2.46. The lowest BCUT2D eigenvalue weighted by atomic mass is 9.88. The molecule has 1 aliphatic rings. The van der Waals surface area contributed by atoms with Gasteiger partial charge in [0, 0.05) is 18.3 Å². The van der Waals surface area contributed by atoms with E-state index < -0.39 is 0 Å². The molecule has 1 saturated heterocycles. The first-order valence-electron chi connectivity index (χ1n) is 6.80.